The minimum atomic E-state index is -0.181. The van der Waals surface area contributed by atoms with E-state index in [1.54, 1.807) is 18.2 Å². The number of benzene rings is 2. The van der Waals surface area contributed by atoms with Gasteiger partial charge in [0.25, 0.3) is 5.70 Å². The van der Waals surface area contributed by atoms with Crippen molar-refractivity contribution in [1.29, 1.82) is 5.26 Å². The normalized spacial score (nSPS) is 22.1. The highest BCUT2D eigenvalue weighted by Gasteiger charge is 2.43. The summed E-state index contributed by atoms with van der Waals surface area (Å²) in [6, 6.07) is 15.7. The largest absolute Gasteiger partial charge is 0.343 e. The predicted octanol–water partition coefficient (Wildman–Crippen LogP) is 5.20. The monoisotopic (exact) mass is 389 g/mol. The molecule has 0 bridgehead atoms. The number of Topliss-reactive ketones (excluding diaryl/α,β-unsaturated/α-hetero) is 1. The van der Waals surface area contributed by atoms with E-state index in [1.165, 1.54) is 16.8 Å². The second-order valence-electron chi connectivity index (χ2n) is 8.29. The van der Waals surface area contributed by atoms with Crippen LogP contribution in [-0.4, -0.2) is 12.3 Å². The van der Waals surface area contributed by atoms with Crippen molar-refractivity contribution in [1.82, 2.24) is 0 Å². The van der Waals surface area contributed by atoms with Gasteiger partial charge in [0.1, 0.15) is 0 Å². The van der Waals surface area contributed by atoms with E-state index in [0.29, 0.717) is 22.3 Å². The molecule has 0 atom stereocenters. The Balaban J connectivity index is 1.69. The van der Waals surface area contributed by atoms with Crippen LogP contribution in [0.2, 0.25) is 0 Å². The molecular formula is C26H19N3O. The number of rotatable bonds is 1. The lowest BCUT2D eigenvalue weighted by molar-refractivity contribution is 0.104. The molecule has 0 spiro atoms. The third-order valence-corrected chi connectivity index (χ3v) is 6.42. The van der Waals surface area contributed by atoms with Crippen LogP contribution >= 0.6 is 0 Å². The average molecular weight is 389 g/mol. The lowest BCUT2D eigenvalue weighted by Crippen LogP contribution is -2.25. The highest BCUT2D eigenvalue weighted by atomic mass is 16.1. The van der Waals surface area contributed by atoms with E-state index in [9.17, 15) is 10.1 Å². The van der Waals surface area contributed by atoms with Gasteiger partial charge in [0.05, 0.1) is 12.6 Å². The number of nitriles is 1. The minimum Gasteiger partial charge on any atom is -0.343 e. The van der Waals surface area contributed by atoms with Gasteiger partial charge < -0.3 is 4.90 Å². The van der Waals surface area contributed by atoms with Gasteiger partial charge in [-0.25, -0.2) is 10.1 Å². The molecule has 0 radical (unpaired) electrons. The van der Waals surface area contributed by atoms with Crippen LogP contribution < -0.4 is 4.90 Å². The third kappa shape index (κ3) is 2.28. The Morgan fingerprint density at radius 1 is 1.17 bits per heavy atom. The fraction of sp³-hybridized carbons (Fsp3) is 0.192. The van der Waals surface area contributed by atoms with Crippen LogP contribution in [0.3, 0.4) is 0 Å². The molecule has 0 amide bonds. The van der Waals surface area contributed by atoms with Crippen LogP contribution in [0.5, 0.6) is 0 Å². The topological polar surface area (TPSA) is 48.5 Å². The molecule has 1 aliphatic carbocycles. The van der Waals surface area contributed by atoms with Crippen LogP contribution in [0.1, 0.15) is 40.9 Å². The van der Waals surface area contributed by atoms with Gasteiger partial charge >= 0.3 is 0 Å². The first-order valence-corrected chi connectivity index (χ1v) is 9.97. The number of anilines is 1. The van der Waals surface area contributed by atoms with Crippen molar-refractivity contribution in [3.05, 3.63) is 105 Å². The Morgan fingerprint density at radius 3 is 2.67 bits per heavy atom. The van der Waals surface area contributed by atoms with Crippen LogP contribution in [-0.2, 0) is 11.8 Å². The average Bonchev–Trinajstić information content (AvgIpc) is 3.36. The number of ketones is 1. The first-order chi connectivity index (χ1) is 14.5. The van der Waals surface area contributed by atoms with Crippen molar-refractivity contribution in [2.45, 2.75) is 25.7 Å². The number of carbonyl (C=O) groups is 1. The van der Waals surface area contributed by atoms with E-state index in [-0.39, 0.29) is 16.9 Å². The first kappa shape index (κ1) is 18.2. The molecule has 0 aromatic heterocycles. The van der Waals surface area contributed by atoms with Crippen molar-refractivity contribution in [2.24, 2.45) is 0 Å². The standard InChI is InChI=1S/C26H19N3O/c1-26(2)20-10-6-7-16-13-14-29(24(16)20)22(26)12-11-19-23(21(15-27)28-3)17-8-4-5-9-18(17)25(19)30/h4-12H,13-14H2,1-2H3/b19-11-,22-12-,23-21-. The van der Waals surface area contributed by atoms with E-state index in [0.717, 1.165) is 18.7 Å². The summed E-state index contributed by atoms with van der Waals surface area (Å²) >= 11 is 0. The van der Waals surface area contributed by atoms with E-state index in [2.05, 4.69) is 41.8 Å². The van der Waals surface area contributed by atoms with Crippen LogP contribution in [0.25, 0.3) is 10.4 Å². The Kier molecular flexibility index (Phi) is 3.82. The SMILES string of the molecule is [C-]#[N+]\C(C#N)=C1/C(=C/C=C2\N3CCc4cccc(c43)C2(C)C)C(=O)c2ccccc21. The molecule has 4 nitrogen and oxygen atoms in total. The highest BCUT2D eigenvalue weighted by molar-refractivity contribution is 6.27. The summed E-state index contributed by atoms with van der Waals surface area (Å²) < 4.78 is 0. The molecule has 2 aromatic rings. The van der Waals surface area contributed by atoms with Gasteiger partial charge in [-0.15, -0.1) is 0 Å². The van der Waals surface area contributed by atoms with Gasteiger partial charge in [-0.3, -0.25) is 4.79 Å². The third-order valence-electron chi connectivity index (χ3n) is 6.42. The molecule has 4 heteroatoms. The zero-order chi connectivity index (χ0) is 21.0. The first-order valence-electron chi connectivity index (χ1n) is 9.97. The van der Waals surface area contributed by atoms with Gasteiger partial charge in [0.2, 0.25) is 0 Å². The minimum absolute atomic E-state index is 0.0459. The van der Waals surface area contributed by atoms with Gasteiger partial charge in [-0.2, -0.15) is 0 Å². The molecule has 2 aliphatic heterocycles. The Labute approximate surface area is 175 Å². The summed E-state index contributed by atoms with van der Waals surface area (Å²) in [6.07, 6.45) is 4.83. The van der Waals surface area contributed by atoms with Gasteiger partial charge in [0, 0.05) is 40.1 Å². The molecule has 2 aromatic carbocycles. The smallest absolute Gasteiger partial charge is 0.270 e. The molecule has 5 rings (SSSR count). The predicted molar refractivity (Wildman–Crippen MR) is 117 cm³/mol. The maximum absolute atomic E-state index is 13.1. The quantitative estimate of drug-likeness (QED) is 0.383. The number of hydrogen-bond acceptors (Lipinski definition) is 3. The number of nitrogens with zero attached hydrogens (tertiary/aromatic N) is 3. The molecule has 0 N–H and O–H groups in total. The van der Waals surface area contributed by atoms with E-state index in [4.69, 9.17) is 6.57 Å². The van der Waals surface area contributed by atoms with E-state index >= 15 is 0 Å². The fourth-order valence-corrected chi connectivity index (χ4v) is 4.99. The summed E-state index contributed by atoms with van der Waals surface area (Å²) in [7, 11) is 0. The number of carbonyl (C=O) groups excluding carboxylic acids is 1. The molecule has 144 valence electrons. The van der Waals surface area contributed by atoms with E-state index < -0.39 is 0 Å². The number of hydrogen-bond donors (Lipinski definition) is 0. The van der Waals surface area contributed by atoms with Crippen molar-refractivity contribution in [3.8, 4) is 6.07 Å². The maximum Gasteiger partial charge on any atom is 0.270 e. The van der Waals surface area contributed by atoms with Gasteiger partial charge in [0.15, 0.2) is 5.78 Å². The van der Waals surface area contributed by atoms with Crippen molar-refractivity contribution in [3.63, 3.8) is 0 Å². The zero-order valence-corrected chi connectivity index (χ0v) is 16.9. The molecule has 0 unspecified atom stereocenters. The van der Waals surface area contributed by atoms with Crippen LogP contribution in [0.15, 0.2) is 71.6 Å². The molecule has 30 heavy (non-hydrogen) atoms. The summed E-state index contributed by atoms with van der Waals surface area (Å²) in [6.45, 7) is 12.7. The molecular weight excluding hydrogens is 370 g/mol. The molecule has 2 heterocycles. The summed E-state index contributed by atoms with van der Waals surface area (Å²) in [4.78, 5) is 18.9. The van der Waals surface area contributed by atoms with Crippen molar-refractivity contribution in [2.75, 3.05) is 11.4 Å². The fourth-order valence-electron chi connectivity index (χ4n) is 4.99. The summed E-state index contributed by atoms with van der Waals surface area (Å²) in [5.74, 6) is -0.135. The number of allylic oxidation sites excluding steroid dienone is 6. The summed E-state index contributed by atoms with van der Waals surface area (Å²) in [5.41, 5.74) is 6.95. The maximum atomic E-state index is 13.1. The number of fused-ring (bicyclic) bond motifs is 1. The van der Waals surface area contributed by atoms with Crippen LogP contribution in [0.4, 0.5) is 5.69 Å². The molecule has 0 saturated carbocycles. The second kappa shape index (κ2) is 6.31. The molecule has 3 aliphatic rings. The zero-order valence-electron chi connectivity index (χ0n) is 16.9. The Morgan fingerprint density at radius 2 is 1.93 bits per heavy atom. The Hall–Kier alpha value is -3.89. The molecule has 0 saturated heterocycles. The van der Waals surface area contributed by atoms with Gasteiger partial charge in [-0.05, 0) is 35.3 Å². The van der Waals surface area contributed by atoms with E-state index in [1.807, 2.05) is 24.3 Å². The number of para-hydroxylation sites is 1. The van der Waals surface area contributed by atoms with Gasteiger partial charge in [-0.1, -0.05) is 56.3 Å². The summed E-state index contributed by atoms with van der Waals surface area (Å²) in [5, 5.41) is 9.50. The second-order valence-corrected chi connectivity index (χ2v) is 8.29. The van der Waals surface area contributed by atoms with Crippen LogP contribution in [0, 0.1) is 17.9 Å². The lowest BCUT2D eigenvalue weighted by atomic mass is 9.82. The molecule has 0 fully saturated rings. The van der Waals surface area contributed by atoms with Crippen molar-refractivity contribution >= 4 is 17.0 Å². The Bertz CT molecular complexity index is 1290. The highest BCUT2D eigenvalue weighted by Crippen LogP contribution is 2.52. The van der Waals surface area contributed by atoms with Crippen molar-refractivity contribution < 1.29 is 4.79 Å². The lowest BCUT2D eigenvalue weighted by Gasteiger charge is -2.25.